The second-order valence-corrected chi connectivity index (χ2v) is 4.65. The van der Waals surface area contributed by atoms with Crippen molar-refractivity contribution in [2.75, 3.05) is 13.6 Å². The molecule has 0 bridgehead atoms. The molecule has 0 radical (unpaired) electrons. The number of likely N-dealkylation sites (tertiary alicyclic amines) is 1. The number of hydrogen-bond acceptors (Lipinski definition) is 2. The van der Waals surface area contributed by atoms with Crippen molar-refractivity contribution in [3.63, 3.8) is 0 Å². The number of carboxylic acid groups (broad SMARTS) is 1. The average Bonchev–Trinajstić information content (AvgIpc) is 2.61. The van der Waals surface area contributed by atoms with Gasteiger partial charge < -0.3 is 5.11 Å². The maximum atomic E-state index is 10.9. The lowest BCUT2D eigenvalue weighted by molar-refractivity contribution is -0.141. The normalized spacial score (nSPS) is 25.9. The van der Waals surface area contributed by atoms with Crippen LogP contribution in [0.2, 0.25) is 5.02 Å². The molecule has 3 nitrogen and oxygen atoms in total. The molecule has 2 rings (SSSR count). The Morgan fingerprint density at radius 3 is 2.75 bits per heavy atom. The molecule has 1 fully saturated rings. The lowest BCUT2D eigenvalue weighted by Gasteiger charge is -2.20. The first-order chi connectivity index (χ1) is 7.59. The average molecular weight is 240 g/mol. The molecule has 1 heterocycles. The van der Waals surface area contributed by atoms with Crippen molar-refractivity contribution in [1.29, 1.82) is 0 Å². The van der Waals surface area contributed by atoms with Crippen LogP contribution in [0.4, 0.5) is 0 Å². The van der Waals surface area contributed by atoms with Crippen molar-refractivity contribution in [2.45, 2.75) is 12.5 Å². The lowest BCUT2D eigenvalue weighted by atomic mass is 10.00. The fraction of sp³-hybridized carbons (Fsp3) is 0.417. The summed E-state index contributed by atoms with van der Waals surface area (Å²) in [5, 5.41) is 9.72. The fourth-order valence-electron chi connectivity index (χ4n) is 2.29. The van der Waals surface area contributed by atoms with E-state index in [-0.39, 0.29) is 12.0 Å². The van der Waals surface area contributed by atoms with Crippen LogP contribution in [0.1, 0.15) is 18.0 Å². The van der Waals surface area contributed by atoms with Gasteiger partial charge >= 0.3 is 5.97 Å². The van der Waals surface area contributed by atoms with E-state index in [4.69, 9.17) is 16.7 Å². The summed E-state index contributed by atoms with van der Waals surface area (Å²) in [4.78, 5) is 13.0. The molecule has 1 aliphatic heterocycles. The second-order valence-electron chi connectivity index (χ2n) is 4.25. The highest BCUT2D eigenvalue weighted by Crippen LogP contribution is 2.37. The molecule has 1 N–H and O–H groups in total. The van der Waals surface area contributed by atoms with Gasteiger partial charge in [-0.15, -0.1) is 0 Å². The number of carboxylic acids is 1. The van der Waals surface area contributed by atoms with Crippen molar-refractivity contribution < 1.29 is 9.90 Å². The van der Waals surface area contributed by atoms with E-state index in [1.165, 1.54) is 0 Å². The van der Waals surface area contributed by atoms with E-state index < -0.39 is 5.97 Å². The van der Waals surface area contributed by atoms with Gasteiger partial charge in [-0.2, -0.15) is 0 Å². The summed E-state index contributed by atoms with van der Waals surface area (Å²) in [6.45, 7) is 0.589. The van der Waals surface area contributed by atoms with Gasteiger partial charge in [-0.05, 0) is 25.1 Å². The number of nitrogens with zero attached hydrogens (tertiary/aromatic N) is 1. The topological polar surface area (TPSA) is 40.5 Å². The first-order valence-corrected chi connectivity index (χ1v) is 5.65. The van der Waals surface area contributed by atoms with E-state index in [0.717, 1.165) is 5.56 Å². The molecule has 0 spiro atoms. The number of rotatable bonds is 2. The molecule has 2 unspecified atom stereocenters. The van der Waals surface area contributed by atoms with Gasteiger partial charge in [0.25, 0.3) is 0 Å². The summed E-state index contributed by atoms with van der Waals surface area (Å²) in [6, 6.07) is 7.75. The molecule has 0 amide bonds. The summed E-state index contributed by atoms with van der Waals surface area (Å²) < 4.78 is 0. The Labute approximate surface area is 99.6 Å². The van der Waals surface area contributed by atoms with Crippen LogP contribution in [0.15, 0.2) is 24.3 Å². The second kappa shape index (κ2) is 4.44. The van der Waals surface area contributed by atoms with Crippen LogP contribution < -0.4 is 0 Å². The highest BCUT2D eigenvalue weighted by atomic mass is 35.5. The van der Waals surface area contributed by atoms with Crippen molar-refractivity contribution in [3.05, 3.63) is 34.9 Å². The van der Waals surface area contributed by atoms with Gasteiger partial charge in [0.15, 0.2) is 0 Å². The third kappa shape index (κ3) is 2.06. The number of aliphatic carboxylic acids is 1. The minimum absolute atomic E-state index is 0.120. The van der Waals surface area contributed by atoms with Crippen LogP contribution >= 0.6 is 11.6 Å². The predicted octanol–water partition coefficient (Wildman–Crippen LogP) is 2.42. The van der Waals surface area contributed by atoms with Crippen LogP contribution in [-0.4, -0.2) is 29.6 Å². The number of hydrogen-bond donors (Lipinski definition) is 1. The summed E-state index contributed by atoms with van der Waals surface area (Å²) in [5.74, 6) is -1.01. The van der Waals surface area contributed by atoms with Gasteiger partial charge in [0, 0.05) is 17.6 Å². The largest absolute Gasteiger partial charge is 0.481 e. The Kier molecular flexibility index (Phi) is 3.17. The number of halogens is 1. The zero-order chi connectivity index (χ0) is 11.7. The monoisotopic (exact) mass is 239 g/mol. The molecule has 2 atom stereocenters. The molecule has 4 heteroatoms. The van der Waals surface area contributed by atoms with Crippen LogP contribution in [-0.2, 0) is 4.79 Å². The fourth-order valence-corrected chi connectivity index (χ4v) is 2.55. The third-order valence-corrected chi connectivity index (χ3v) is 3.51. The molecule has 0 aromatic heterocycles. The molecule has 16 heavy (non-hydrogen) atoms. The van der Waals surface area contributed by atoms with Crippen LogP contribution in [0.5, 0.6) is 0 Å². The van der Waals surface area contributed by atoms with Crippen molar-refractivity contribution in [1.82, 2.24) is 4.90 Å². The van der Waals surface area contributed by atoms with E-state index in [9.17, 15) is 4.79 Å². The highest BCUT2D eigenvalue weighted by molar-refractivity contribution is 6.31. The highest BCUT2D eigenvalue weighted by Gasteiger charge is 2.35. The molecule has 1 aromatic rings. The van der Waals surface area contributed by atoms with E-state index in [2.05, 4.69) is 4.90 Å². The van der Waals surface area contributed by atoms with E-state index in [1.807, 2.05) is 31.3 Å². The Hall–Kier alpha value is -1.06. The Balaban J connectivity index is 2.23. The molecular weight excluding hydrogens is 226 g/mol. The summed E-state index contributed by atoms with van der Waals surface area (Å²) in [7, 11) is 1.94. The quantitative estimate of drug-likeness (QED) is 0.862. The first-order valence-electron chi connectivity index (χ1n) is 5.27. The third-order valence-electron chi connectivity index (χ3n) is 3.16. The summed E-state index contributed by atoms with van der Waals surface area (Å²) in [5.41, 5.74) is 1.02. The van der Waals surface area contributed by atoms with Gasteiger partial charge in [0.1, 0.15) is 0 Å². The molecule has 86 valence electrons. The van der Waals surface area contributed by atoms with Crippen molar-refractivity contribution in [2.24, 2.45) is 5.92 Å². The van der Waals surface area contributed by atoms with Crippen molar-refractivity contribution in [3.8, 4) is 0 Å². The lowest BCUT2D eigenvalue weighted by Crippen LogP contribution is -2.20. The maximum absolute atomic E-state index is 10.9. The number of carbonyl (C=O) groups is 1. The SMILES string of the molecule is CN1CC(C(=O)O)CC1c1ccccc1Cl. The van der Waals surface area contributed by atoms with Crippen molar-refractivity contribution >= 4 is 17.6 Å². The van der Waals surface area contributed by atoms with Crippen LogP contribution in [0, 0.1) is 5.92 Å². The molecule has 1 aliphatic rings. The smallest absolute Gasteiger partial charge is 0.307 e. The summed E-state index contributed by atoms with van der Waals surface area (Å²) >= 11 is 6.12. The van der Waals surface area contributed by atoms with E-state index >= 15 is 0 Å². The molecule has 1 saturated heterocycles. The molecular formula is C12H14ClNO2. The molecule has 0 saturated carbocycles. The van der Waals surface area contributed by atoms with Gasteiger partial charge in [-0.3, -0.25) is 9.69 Å². The maximum Gasteiger partial charge on any atom is 0.307 e. The van der Waals surface area contributed by atoms with Gasteiger partial charge in [0.05, 0.1) is 5.92 Å². The molecule has 0 aliphatic carbocycles. The minimum atomic E-state index is -0.721. The zero-order valence-electron chi connectivity index (χ0n) is 9.06. The Bertz CT molecular complexity index is 408. The van der Waals surface area contributed by atoms with Crippen LogP contribution in [0.3, 0.4) is 0 Å². The van der Waals surface area contributed by atoms with Gasteiger partial charge in [-0.25, -0.2) is 0 Å². The predicted molar refractivity (Wildman–Crippen MR) is 62.6 cm³/mol. The van der Waals surface area contributed by atoms with E-state index in [1.54, 1.807) is 0 Å². The zero-order valence-corrected chi connectivity index (χ0v) is 9.81. The molecule has 1 aromatic carbocycles. The number of benzene rings is 1. The van der Waals surface area contributed by atoms with E-state index in [0.29, 0.717) is 18.0 Å². The van der Waals surface area contributed by atoms with Gasteiger partial charge in [-0.1, -0.05) is 29.8 Å². The summed E-state index contributed by atoms with van der Waals surface area (Å²) in [6.07, 6.45) is 0.634. The first kappa shape index (κ1) is 11.4. The minimum Gasteiger partial charge on any atom is -0.481 e. The Morgan fingerprint density at radius 1 is 1.50 bits per heavy atom. The standard InChI is InChI=1S/C12H14ClNO2/c1-14-7-8(12(15)16)6-11(14)9-4-2-3-5-10(9)13/h2-5,8,11H,6-7H2,1H3,(H,15,16). The van der Waals surface area contributed by atoms with Crippen LogP contribution in [0.25, 0.3) is 0 Å². The van der Waals surface area contributed by atoms with Gasteiger partial charge in [0.2, 0.25) is 0 Å². The Morgan fingerprint density at radius 2 is 2.19 bits per heavy atom.